The van der Waals surface area contributed by atoms with Gasteiger partial charge in [0.1, 0.15) is 0 Å². The van der Waals surface area contributed by atoms with Gasteiger partial charge in [0.25, 0.3) is 0 Å². The lowest BCUT2D eigenvalue weighted by molar-refractivity contribution is 0.178. The minimum atomic E-state index is 0.167. The van der Waals surface area contributed by atoms with Crippen LogP contribution in [0.2, 0.25) is 0 Å². The van der Waals surface area contributed by atoms with Gasteiger partial charge in [0.15, 0.2) is 0 Å². The molecular formula is C12H16N4O. The van der Waals surface area contributed by atoms with Gasteiger partial charge in [0.2, 0.25) is 0 Å². The summed E-state index contributed by atoms with van der Waals surface area (Å²) in [6.07, 6.45) is 3.57. The molecular weight excluding hydrogens is 216 g/mol. The van der Waals surface area contributed by atoms with Gasteiger partial charge in [-0.3, -0.25) is 4.98 Å². The van der Waals surface area contributed by atoms with Crippen LogP contribution in [0, 0.1) is 0 Å². The summed E-state index contributed by atoms with van der Waals surface area (Å²) >= 11 is 0. The van der Waals surface area contributed by atoms with Gasteiger partial charge in [-0.25, -0.2) is 4.79 Å². The number of carbonyl (C=O) groups excluding carboxylic acids is 1. The molecule has 0 aromatic carbocycles. The first-order chi connectivity index (χ1) is 8.34. The number of amides is 2. The molecule has 3 heterocycles. The lowest BCUT2D eigenvalue weighted by Crippen LogP contribution is -2.49. The molecule has 2 aliphatic rings. The van der Waals surface area contributed by atoms with Gasteiger partial charge in [0, 0.05) is 45.1 Å². The second-order valence-electron chi connectivity index (χ2n) is 4.58. The third-order valence-corrected chi connectivity index (χ3v) is 3.39. The van der Waals surface area contributed by atoms with Crippen molar-refractivity contribution in [2.45, 2.75) is 12.6 Å². The van der Waals surface area contributed by atoms with E-state index in [2.05, 4.69) is 10.3 Å². The van der Waals surface area contributed by atoms with Gasteiger partial charge in [0.05, 0.1) is 6.04 Å². The zero-order valence-corrected chi connectivity index (χ0v) is 9.67. The first kappa shape index (κ1) is 10.5. The van der Waals surface area contributed by atoms with Gasteiger partial charge >= 0.3 is 6.03 Å². The highest BCUT2D eigenvalue weighted by atomic mass is 16.2. The van der Waals surface area contributed by atoms with Gasteiger partial charge in [-0.05, 0) is 11.6 Å². The van der Waals surface area contributed by atoms with Crippen LogP contribution in [-0.2, 0) is 6.54 Å². The van der Waals surface area contributed by atoms with Gasteiger partial charge < -0.3 is 15.1 Å². The predicted octanol–water partition coefficient (Wildman–Crippen LogP) is 0.291. The molecule has 0 aliphatic carbocycles. The van der Waals surface area contributed by atoms with Crippen molar-refractivity contribution in [1.29, 1.82) is 0 Å². The van der Waals surface area contributed by atoms with Crippen molar-refractivity contribution in [2.24, 2.45) is 0 Å². The van der Waals surface area contributed by atoms with Crippen LogP contribution in [0.25, 0.3) is 0 Å². The molecule has 3 rings (SSSR count). The number of hydrogen-bond donors (Lipinski definition) is 1. The Kier molecular flexibility index (Phi) is 2.68. The monoisotopic (exact) mass is 232 g/mol. The predicted molar refractivity (Wildman–Crippen MR) is 63.4 cm³/mol. The van der Waals surface area contributed by atoms with Gasteiger partial charge in [-0.15, -0.1) is 0 Å². The number of aromatic nitrogens is 1. The van der Waals surface area contributed by atoms with Crippen LogP contribution in [0.1, 0.15) is 5.56 Å². The van der Waals surface area contributed by atoms with Crippen molar-refractivity contribution in [1.82, 2.24) is 20.1 Å². The molecule has 2 fully saturated rings. The molecule has 1 aromatic rings. The Bertz CT molecular complexity index is 408. The third kappa shape index (κ3) is 1.98. The summed E-state index contributed by atoms with van der Waals surface area (Å²) in [5, 5.41) is 3.33. The summed E-state index contributed by atoms with van der Waals surface area (Å²) < 4.78 is 0. The van der Waals surface area contributed by atoms with E-state index in [0.29, 0.717) is 12.6 Å². The highest BCUT2D eigenvalue weighted by Crippen LogP contribution is 2.19. The fourth-order valence-corrected chi connectivity index (χ4v) is 2.53. The Labute approximate surface area is 100 Å². The Hall–Kier alpha value is -1.62. The summed E-state index contributed by atoms with van der Waals surface area (Å²) in [6, 6.07) is 4.42. The average molecular weight is 232 g/mol. The van der Waals surface area contributed by atoms with E-state index in [9.17, 15) is 4.79 Å². The highest BCUT2D eigenvalue weighted by Gasteiger charge is 2.38. The van der Waals surface area contributed by atoms with E-state index in [1.165, 1.54) is 0 Å². The Morgan fingerprint density at radius 3 is 3.24 bits per heavy atom. The van der Waals surface area contributed by atoms with E-state index in [1.54, 1.807) is 6.20 Å². The minimum Gasteiger partial charge on any atom is -0.318 e. The number of urea groups is 1. The highest BCUT2D eigenvalue weighted by molar-refractivity contribution is 5.77. The van der Waals surface area contributed by atoms with Gasteiger partial charge in [-0.2, -0.15) is 0 Å². The third-order valence-electron chi connectivity index (χ3n) is 3.39. The number of fused-ring (bicyclic) bond motifs is 1. The van der Waals surface area contributed by atoms with E-state index in [4.69, 9.17) is 0 Å². The van der Waals surface area contributed by atoms with Crippen molar-refractivity contribution in [3.05, 3.63) is 30.1 Å². The normalized spacial score (nSPS) is 24.0. The number of pyridine rings is 1. The molecule has 2 amide bonds. The molecule has 90 valence electrons. The maximum atomic E-state index is 12.1. The summed E-state index contributed by atoms with van der Waals surface area (Å²) in [5.41, 5.74) is 1.09. The number of nitrogens with zero attached hydrogens (tertiary/aromatic N) is 3. The van der Waals surface area contributed by atoms with Gasteiger partial charge in [-0.1, -0.05) is 6.07 Å². The maximum absolute atomic E-state index is 12.1. The van der Waals surface area contributed by atoms with Crippen LogP contribution in [0.4, 0.5) is 4.79 Å². The summed E-state index contributed by atoms with van der Waals surface area (Å²) in [7, 11) is 0. The molecule has 2 saturated heterocycles. The van der Waals surface area contributed by atoms with Crippen molar-refractivity contribution >= 4 is 6.03 Å². The van der Waals surface area contributed by atoms with E-state index >= 15 is 0 Å². The van der Waals surface area contributed by atoms with E-state index in [1.807, 2.05) is 28.1 Å². The molecule has 0 unspecified atom stereocenters. The Morgan fingerprint density at radius 1 is 1.53 bits per heavy atom. The molecule has 17 heavy (non-hydrogen) atoms. The summed E-state index contributed by atoms with van der Waals surface area (Å²) in [4.78, 5) is 20.1. The summed E-state index contributed by atoms with van der Waals surface area (Å²) in [6.45, 7) is 4.13. The van der Waals surface area contributed by atoms with E-state index in [0.717, 1.165) is 31.7 Å². The maximum Gasteiger partial charge on any atom is 0.320 e. The largest absolute Gasteiger partial charge is 0.320 e. The van der Waals surface area contributed by atoms with E-state index in [-0.39, 0.29) is 6.03 Å². The zero-order valence-electron chi connectivity index (χ0n) is 9.67. The van der Waals surface area contributed by atoms with Crippen molar-refractivity contribution in [3.8, 4) is 0 Å². The van der Waals surface area contributed by atoms with Crippen LogP contribution < -0.4 is 5.32 Å². The standard InChI is InChI=1S/C12H16N4O/c17-12-15(8-10-2-1-3-13-6-10)9-11-7-14-4-5-16(11)12/h1-3,6,11,14H,4-5,7-9H2/t11-/m1/s1. The summed E-state index contributed by atoms with van der Waals surface area (Å²) in [5.74, 6) is 0. The van der Waals surface area contributed by atoms with Crippen LogP contribution in [0.3, 0.4) is 0 Å². The number of rotatable bonds is 2. The molecule has 0 radical (unpaired) electrons. The second kappa shape index (κ2) is 4.33. The SMILES string of the molecule is O=C1N(Cc2cccnc2)C[C@H]2CNCCN12. The number of nitrogens with one attached hydrogen (secondary N) is 1. The van der Waals surface area contributed by atoms with Crippen molar-refractivity contribution in [3.63, 3.8) is 0 Å². The van der Waals surface area contributed by atoms with E-state index < -0.39 is 0 Å². The van der Waals surface area contributed by atoms with Crippen molar-refractivity contribution < 1.29 is 4.79 Å². The minimum absolute atomic E-state index is 0.167. The quantitative estimate of drug-likeness (QED) is 0.797. The zero-order chi connectivity index (χ0) is 11.7. The molecule has 5 heteroatoms. The van der Waals surface area contributed by atoms with Crippen LogP contribution >= 0.6 is 0 Å². The molecule has 0 saturated carbocycles. The Balaban J connectivity index is 1.71. The fraction of sp³-hybridized carbons (Fsp3) is 0.500. The molecule has 1 aromatic heterocycles. The number of carbonyl (C=O) groups is 1. The second-order valence-corrected chi connectivity index (χ2v) is 4.58. The first-order valence-corrected chi connectivity index (χ1v) is 6.00. The molecule has 1 atom stereocenters. The van der Waals surface area contributed by atoms with Crippen LogP contribution in [-0.4, -0.2) is 53.0 Å². The van der Waals surface area contributed by atoms with Crippen LogP contribution in [0.5, 0.6) is 0 Å². The van der Waals surface area contributed by atoms with Crippen molar-refractivity contribution in [2.75, 3.05) is 26.2 Å². The number of hydrogen-bond acceptors (Lipinski definition) is 3. The molecule has 5 nitrogen and oxygen atoms in total. The molecule has 0 spiro atoms. The topological polar surface area (TPSA) is 48.5 Å². The molecule has 1 N–H and O–H groups in total. The average Bonchev–Trinajstić information content (AvgIpc) is 2.68. The lowest BCUT2D eigenvalue weighted by atomic mass is 10.2. The Morgan fingerprint density at radius 2 is 2.47 bits per heavy atom. The molecule has 0 bridgehead atoms. The smallest absolute Gasteiger partial charge is 0.318 e. The fourth-order valence-electron chi connectivity index (χ4n) is 2.53. The lowest BCUT2D eigenvalue weighted by Gasteiger charge is -2.28. The number of piperazine rings is 1. The molecule has 2 aliphatic heterocycles. The first-order valence-electron chi connectivity index (χ1n) is 6.00. The van der Waals surface area contributed by atoms with Crippen LogP contribution in [0.15, 0.2) is 24.5 Å².